The van der Waals surface area contributed by atoms with Crippen LogP contribution in [0.1, 0.15) is 26.7 Å². The van der Waals surface area contributed by atoms with Crippen molar-refractivity contribution in [1.82, 2.24) is 0 Å². The Morgan fingerprint density at radius 1 is 1.56 bits per heavy atom. The molecule has 3 unspecified atom stereocenters. The van der Waals surface area contributed by atoms with E-state index in [2.05, 4.69) is 26.0 Å². The largest absolute Gasteiger partial charge is 0.478 e. The molecule has 3 atom stereocenters. The van der Waals surface area contributed by atoms with E-state index in [0.29, 0.717) is 11.3 Å². The third kappa shape index (κ3) is 1.97. The van der Waals surface area contributed by atoms with E-state index in [1.54, 1.807) is 6.08 Å². The zero-order valence-electron chi connectivity index (χ0n) is 9.81. The lowest BCUT2D eigenvalue weighted by Gasteiger charge is -2.26. The Balaban J connectivity index is 2.06. The molecule has 0 bridgehead atoms. The average Bonchev–Trinajstić information content (AvgIpc) is 2.87. The van der Waals surface area contributed by atoms with Gasteiger partial charge in [0, 0.05) is 12.0 Å². The zero-order chi connectivity index (χ0) is 11.8. The molecule has 16 heavy (non-hydrogen) atoms. The predicted molar refractivity (Wildman–Crippen MR) is 64.0 cm³/mol. The molecule has 1 N–H and O–H groups in total. The maximum absolute atomic E-state index is 10.3. The van der Waals surface area contributed by atoms with Crippen LogP contribution in [0, 0.1) is 17.3 Å². The van der Waals surface area contributed by atoms with Gasteiger partial charge >= 0.3 is 5.97 Å². The number of hydrogen-bond acceptors (Lipinski definition) is 1. The lowest BCUT2D eigenvalue weighted by molar-refractivity contribution is -0.131. The molecule has 0 aromatic rings. The van der Waals surface area contributed by atoms with Crippen LogP contribution in [0.25, 0.3) is 0 Å². The summed E-state index contributed by atoms with van der Waals surface area (Å²) in [6.45, 7) is 4.51. The van der Waals surface area contributed by atoms with Gasteiger partial charge in [-0.1, -0.05) is 36.8 Å². The van der Waals surface area contributed by atoms with E-state index in [1.165, 1.54) is 24.5 Å². The topological polar surface area (TPSA) is 37.3 Å². The molecule has 0 radical (unpaired) electrons. The van der Waals surface area contributed by atoms with Crippen LogP contribution in [0.5, 0.6) is 0 Å². The van der Waals surface area contributed by atoms with Gasteiger partial charge in [0.2, 0.25) is 0 Å². The summed E-state index contributed by atoms with van der Waals surface area (Å²) >= 11 is 0. The molecule has 0 aliphatic heterocycles. The fourth-order valence-corrected chi connectivity index (χ4v) is 2.87. The summed E-state index contributed by atoms with van der Waals surface area (Å²) in [5.41, 5.74) is 1.86. The van der Waals surface area contributed by atoms with Crippen molar-refractivity contribution in [3.05, 3.63) is 36.0 Å². The van der Waals surface area contributed by atoms with Crippen LogP contribution in [0.4, 0.5) is 0 Å². The molecule has 86 valence electrons. The van der Waals surface area contributed by atoms with Gasteiger partial charge in [-0.3, -0.25) is 0 Å². The van der Waals surface area contributed by atoms with Gasteiger partial charge in [0.05, 0.1) is 0 Å². The second-order valence-corrected chi connectivity index (χ2v) is 5.15. The van der Waals surface area contributed by atoms with Gasteiger partial charge in [0.25, 0.3) is 0 Å². The van der Waals surface area contributed by atoms with Gasteiger partial charge < -0.3 is 5.11 Å². The van der Waals surface area contributed by atoms with Crippen molar-refractivity contribution in [2.75, 3.05) is 0 Å². The molecule has 2 heteroatoms. The van der Waals surface area contributed by atoms with E-state index in [9.17, 15) is 4.79 Å². The number of carbonyl (C=O) groups is 1. The highest BCUT2D eigenvalue weighted by Crippen LogP contribution is 2.63. The molecule has 0 spiro atoms. The minimum atomic E-state index is -0.893. The van der Waals surface area contributed by atoms with Crippen molar-refractivity contribution in [2.24, 2.45) is 17.3 Å². The number of fused-ring (bicyclic) bond motifs is 1. The minimum absolute atomic E-state index is 0.437. The first-order valence-corrected chi connectivity index (χ1v) is 5.78. The maximum Gasteiger partial charge on any atom is 0.328 e. The van der Waals surface area contributed by atoms with Crippen LogP contribution in [0.15, 0.2) is 36.0 Å². The van der Waals surface area contributed by atoms with E-state index in [0.717, 1.165) is 5.92 Å². The van der Waals surface area contributed by atoms with Crippen molar-refractivity contribution in [3.63, 3.8) is 0 Å². The maximum atomic E-state index is 10.3. The predicted octanol–water partition coefficient (Wildman–Crippen LogP) is 3.18. The fourth-order valence-electron chi connectivity index (χ4n) is 2.87. The van der Waals surface area contributed by atoms with Crippen LogP contribution in [0.3, 0.4) is 0 Å². The molecule has 1 saturated carbocycles. The average molecular weight is 218 g/mol. The van der Waals surface area contributed by atoms with Crippen LogP contribution in [0.2, 0.25) is 0 Å². The lowest BCUT2D eigenvalue weighted by Crippen LogP contribution is -2.17. The van der Waals surface area contributed by atoms with Crippen molar-refractivity contribution in [3.8, 4) is 0 Å². The van der Waals surface area contributed by atoms with E-state index in [-0.39, 0.29) is 0 Å². The van der Waals surface area contributed by atoms with Gasteiger partial charge in [0.15, 0.2) is 0 Å². The lowest BCUT2D eigenvalue weighted by atomic mass is 9.78. The molecule has 1 fully saturated rings. The van der Waals surface area contributed by atoms with E-state index in [1.807, 2.05) is 6.08 Å². The number of allylic oxidation sites excluding steroid dienone is 5. The minimum Gasteiger partial charge on any atom is -0.478 e. The van der Waals surface area contributed by atoms with Gasteiger partial charge in [-0.2, -0.15) is 0 Å². The first kappa shape index (κ1) is 11.2. The van der Waals surface area contributed by atoms with E-state index in [4.69, 9.17) is 5.11 Å². The summed E-state index contributed by atoms with van der Waals surface area (Å²) in [6.07, 6.45) is 11.6. The molecule has 2 rings (SSSR count). The summed E-state index contributed by atoms with van der Waals surface area (Å²) in [4.78, 5) is 10.3. The smallest absolute Gasteiger partial charge is 0.328 e. The van der Waals surface area contributed by atoms with Gasteiger partial charge in [-0.05, 0) is 31.1 Å². The van der Waals surface area contributed by atoms with Crippen molar-refractivity contribution < 1.29 is 9.90 Å². The molecule has 0 amide bonds. The molecular formula is C14H18O2. The number of rotatable bonds is 3. The Hall–Kier alpha value is -1.31. The summed E-state index contributed by atoms with van der Waals surface area (Å²) in [5.74, 6) is 0.440. The Labute approximate surface area is 96.4 Å². The summed E-state index contributed by atoms with van der Waals surface area (Å²) in [5, 5.41) is 8.48. The van der Waals surface area contributed by atoms with Gasteiger partial charge in [-0.15, -0.1) is 0 Å². The Morgan fingerprint density at radius 2 is 2.31 bits per heavy atom. The quantitative estimate of drug-likeness (QED) is 0.449. The third-order valence-electron chi connectivity index (χ3n) is 4.04. The van der Waals surface area contributed by atoms with Crippen LogP contribution >= 0.6 is 0 Å². The molecule has 2 nitrogen and oxygen atoms in total. The van der Waals surface area contributed by atoms with Crippen LogP contribution in [-0.2, 0) is 4.79 Å². The summed E-state index contributed by atoms with van der Waals surface area (Å²) in [6, 6.07) is 0. The normalized spacial score (nSPS) is 37.5. The highest BCUT2D eigenvalue weighted by atomic mass is 16.4. The molecule has 0 aromatic carbocycles. The van der Waals surface area contributed by atoms with Crippen LogP contribution in [-0.4, -0.2) is 11.1 Å². The summed E-state index contributed by atoms with van der Waals surface area (Å²) in [7, 11) is 0. The molecule has 2 aliphatic carbocycles. The first-order valence-electron chi connectivity index (χ1n) is 5.78. The van der Waals surface area contributed by atoms with Crippen molar-refractivity contribution in [2.45, 2.75) is 26.7 Å². The number of carboxylic acids is 1. The van der Waals surface area contributed by atoms with Crippen molar-refractivity contribution >= 4 is 5.97 Å². The SMILES string of the molecule is CC1=CCC2CC2(C)C1/C=C\C=C/C(=O)O. The highest BCUT2D eigenvalue weighted by molar-refractivity contribution is 5.80. The van der Waals surface area contributed by atoms with E-state index < -0.39 is 5.97 Å². The Bertz CT molecular complexity index is 390. The Kier molecular flexibility index (Phi) is 2.75. The molecule has 0 saturated heterocycles. The number of aliphatic carboxylic acids is 1. The number of carboxylic acid groups (broad SMARTS) is 1. The fraction of sp³-hybridized carbons (Fsp3) is 0.500. The highest BCUT2D eigenvalue weighted by Gasteiger charge is 2.55. The zero-order valence-corrected chi connectivity index (χ0v) is 9.81. The van der Waals surface area contributed by atoms with Crippen LogP contribution < -0.4 is 0 Å². The third-order valence-corrected chi connectivity index (χ3v) is 4.04. The number of hydrogen-bond donors (Lipinski definition) is 1. The van der Waals surface area contributed by atoms with Gasteiger partial charge in [0.1, 0.15) is 0 Å². The second-order valence-electron chi connectivity index (χ2n) is 5.15. The van der Waals surface area contributed by atoms with E-state index >= 15 is 0 Å². The molecule has 0 aromatic heterocycles. The standard InChI is InChI=1S/C14H18O2/c1-10-7-8-11-9-14(11,2)12(10)5-3-4-6-13(15)16/h3-7,11-12H,8-9H2,1-2H3,(H,15,16)/b5-3-,6-4-. The molecule has 2 aliphatic rings. The molecular weight excluding hydrogens is 200 g/mol. The second kappa shape index (κ2) is 3.93. The summed E-state index contributed by atoms with van der Waals surface area (Å²) < 4.78 is 0. The Morgan fingerprint density at radius 3 is 3.00 bits per heavy atom. The van der Waals surface area contributed by atoms with Crippen molar-refractivity contribution in [1.29, 1.82) is 0 Å². The first-order chi connectivity index (χ1) is 7.54. The van der Waals surface area contributed by atoms with Gasteiger partial charge in [-0.25, -0.2) is 4.79 Å². The monoisotopic (exact) mass is 218 g/mol. The molecule has 0 heterocycles.